The van der Waals surface area contributed by atoms with Gasteiger partial charge in [-0.25, -0.2) is 4.79 Å². The molecule has 1 rings (SSSR count). The van der Waals surface area contributed by atoms with Crippen LogP contribution in [0.1, 0.15) is 32.4 Å². The van der Waals surface area contributed by atoms with E-state index in [1.807, 2.05) is 25.1 Å². The molecule has 0 radical (unpaired) electrons. The van der Waals surface area contributed by atoms with Crippen LogP contribution < -0.4 is 16.0 Å². The van der Waals surface area contributed by atoms with Gasteiger partial charge >= 0.3 is 6.03 Å². The summed E-state index contributed by atoms with van der Waals surface area (Å²) in [7, 11) is 0. The third kappa shape index (κ3) is 4.83. The van der Waals surface area contributed by atoms with E-state index in [-0.39, 0.29) is 11.9 Å². The first-order valence-corrected chi connectivity index (χ1v) is 6.92. The zero-order valence-electron chi connectivity index (χ0n) is 11.9. The van der Waals surface area contributed by atoms with E-state index < -0.39 is 12.1 Å². The van der Waals surface area contributed by atoms with Crippen LogP contribution in [0.4, 0.5) is 4.79 Å². The molecule has 110 valence electrons. The topological polar surface area (TPSA) is 70.2 Å². The van der Waals surface area contributed by atoms with E-state index in [9.17, 15) is 9.59 Å². The lowest BCUT2D eigenvalue weighted by Gasteiger charge is -2.20. The Hall–Kier alpha value is -1.59. The molecule has 0 fully saturated rings. The minimum atomic E-state index is -0.510. The molecule has 0 spiro atoms. The van der Waals surface area contributed by atoms with Crippen molar-refractivity contribution in [3.8, 4) is 0 Å². The Kier molecular flexibility index (Phi) is 6.48. The van der Waals surface area contributed by atoms with E-state index in [1.165, 1.54) is 0 Å². The lowest BCUT2D eigenvalue weighted by atomic mass is 10.1. The number of nitrogens with one attached hydrogen (secondary N) is 3. The van der Waals surface area contributed by atoms with Gasteiger partial charge < -0.3 is 5.32 Å². The van der Waals surface area contributed by atoms with Crippen LogP contribution >= 0.6 is 11.6 Å². The van der Waals surface area contributed by atoms with Crippen molar-refractivity contribution in [3.63, 3.8) is 0 Å². The van der Waals surface area contributed by atoms with Crippen molar-refractivity contribution >= 4 is 23.5 Å². The molecule has 0 heterocycles. The van der Waals surface area contributed by atoms with Crippen molar-refractivity contribution in [2.24, 2.45) is 0 Å². The molecule has 3 amide bonds. The van der Waals surface area contributed by atoms with Crippen molar-refractivity contribution in [2.45, 2.75) is 32.9 Å². The van der Waals surface area contributed by atoms with Crippen LogP contribution in [0, 0.1) is 0 Å². The molecule has 2 atom stereocenters. The highest BCUT2D eigenvalue weighted by molar-refractivity contribution is 6.31. The molecule has 20 heavy (non-hydrogen) atoms. The normalized spacial score (nSPS) is 13.4. The number of hydrogen-bond donors (Lipinski definition) is 3. The molecule has 6 heteroatoms. The average molecular weight is 298 g/mol. The molecule has 0 aliphatic carbocycles. The van der Waals surface area contributed by atoms with Crippen LogP contribution in [0.15, 0.2) is 24.3 Å². The summed E-state index contributed by atoms with van der Waals surface area (Å²) in [6.07, 6.45) is 0. The molecule has 1 aromatic rings. The van der Waals surface area contributed by atoms with Crippen LogP contribution in [-0.2, 0) is 4.79 Å². The summed E-state index contributed by atoms with van der Waals surface area (Å²) in [5.41, 5.74) is 0.909. The Bertz CT molecular complexity index is 479. The molecule has 5 nitrogen and oxygen atoms in total. The Labute approximate surface area is 124 Å². The molecular formula is C14H20ClN3O2. The first kappa shape index (κ1) is 16.5. The summed E-state index contributed by atoms with van der Waals surface area (Å²) in [4.78, 5) is 23.1. The van der Waals surface area contributed by atoms with Gasteiger partial charge in [0.15, 0.2) is 0 Å². The van der Waals surface area contributed by atoms with E-state index in [0.717, 1.165) is 5.56 Å². The molecule has 0 saturated heterocycles. The van der Waals surface area contributed by atoms with Crippen molar-refractivity contribution in [3.05, 3.63) is 34.9 Å². The van der Waals surface area contributed by atoms with Gasteiger partial charge in [0, 0.05) is 17.6 Å². The number of benzene rings is 1. The zero-order chi connectivity index (χ0) is 15.1. The Balaban J connectivity index is 2.57. The summed E-state index contributed by atoms with van der Waals surface area (Å²) in [5.74, 6) is -0.380. The molecule has 3 N–H and O–H groups in total. The summed E-state index contributed by atoms with van der Waals surface area (Å²) in [6, 6.07) is 6.34. The van der Waals surface area contributed by atoms with Crippen LogP contribution in [0.25, 0.3) is 0 Å². The van der Waals surface area contributed by atoms with E-state index in [0.29, 0.717) is 11.6 Å². The largest absolute Gasteiger partial charge is 0.338 e. The monoisotopic (exact) mass is 297 g/mol. The highest BCUT2D eigenvalue weighted by atomic mass is 35.5. The van der Waals surface area contributed by atoms with E-state index in [2.05, 4.69) is 16.0 Å². The second kappa shape index (κ2) is 7.87. The first-order valence-electron chi connectivity index (χ1n) is 6.54. The maximum absolute atomic E-state index is 11.8. The second-order valence-electron chi connectivity index (χ2n) is 4.48. The fraction of sp³-hybridized carbons (Fsp3) is 0.429. The predicted octanol–water partition coefficient (Wildman–Crippen LogP) is 2.22. The SMILES string of the molecule is CCNC(=O)NC(=O)C(C)N[C@@H](C)c1ccccc1Cl. The van der Waals surface area contributed by atoms with Gasteiger partial charge in [0.1, 0.15) is 0 Å². The quantitative estimate of drug-likeness (QED) is 0.780. The minimum absolute atomic E-state index is 0.0984. The third-order valence-corrected chi connectivity index (χ3v) is 3.18. The molecular weight excluding hydrogens is 278 g/mol. The third-order valence-electron chi connectivity index (χ3n) is 2.84. The van der Waals surface area contributed by atoms with Gasteiger partial charge in [-0.3, -0.25) is 15.4 Å². The van der Waals surface area contributed by atoms with Crippen LogP contribution in [0.3, 0.4) is 0 Å². The Morgan fingerprint density at radius 1 is 1.25 bits per heavy atom. The number of carbonyl (C=O) groups is 2. The van der Waals surface area contributed by atoms with Crippen LogP contribution in [-0.4, -0.2) is 24.5 Å². The fourth-order valence-corrected chi connectivity index (χ4v) is 2.09. The van der Waals surface area contributed by atoms with Crippen LogP contribution in [0.5, 0.6) is 0 Å². The number of halogens is 1. The van der Waals surface area contributed by atoms with Crippen molar-refractivity contribution < 1.29 is 9.59 Å². The van der Waals surface area contributed by atoms with Crippen molar-refractivity contribution in [1.82, 2.24) is 16.0 Å². The maximum atomic E-state index is 11.8. The lowest BCUT2D eigenvalue weighted by Crippen LogP contribution is -2.48. The summed E-state index contributed by atoms with van der Waals surface area (Å²) in [5, 5.41) is 8.52. The Morgan fingerprint density at radius 2 is 1.90 bits per heavy atom. The van der Waals surface area contributed by atoms with Gasteiger partial charge in [-0.2, -0.15) is 0 Å². The lowest BCUT2D eigenvalue weighted by molar-refractivity contribution is -0.121. The van der Waals surface area contributed by atoms with Gasteiger partial charge in [0.05, 0.1) is 6.04 Å². The number of amides is 3. The van der Waals surface area contributed by atoms with Crippen molar-refractivity contribution in [2.75, 3.05) is 6.54 Å². The van der Waals surface area contributed by atoms with Gasteiger partial charge in [0.25, 0.3) is 0 Å². The number of hydrogen-bond acceptors (Lipinski definition) is 3. The van der Waals surface area contributed by atoms with E-state index in [1.54, 1.807) is 19.9 Å². The molecule has 1 unspecified atom stereocenters. The molecule has 0 bridgehead atoms. The summed E-state index contributed by atoms with van der Waals surface area (Å²) < 4.78 is 0. The average Bonchev–Trinajstić information content (AvgIpc) is 2.39. The smallest absolute Gasteiger partial charge is 0.321 e. The molecule has 0 aliphatic rings. The van der Waals surface area contributed by atoms with Gasteiger partial charge in [-0.15, -0.1) is 0 Å². The number of imide groups is 1. The fourth-order valence-electron chi connectivity index (χ4n) is 1.79. The van der Waals surface area contributed by atoms with Crippen molar-refractivity contribution in [1.29, 1.82) is 0 Å². The number of rotatable bonds is 5. The maximum Gasteiger partial charge on any atom is 0.321 e. The first-order chi connectivity index (χ1) is 9.45. The summed E-state index contributed by atoms with van der Waals surface area (Å²) in [6.45, 7) is 5.86. The molecule has 0 saturated carbocycles. The summed E-state index contributed by atoms with van der Waals surface area (Å²) >= 11 is 6.10. The standard InChI is InChI=1S/C14H20ClN3O2/c1-4-16-14(20)18-13(19)10(3)17-9(2)11-7-5-6-8-12(11)15/h5-10,17H,4H2,1-3H3,(H2,16,18,19,20)/t9-,10?/m0/s1. The highest BCUT2D eigenvalue weighted by Crippen LogP contribution is 2.22. The second-order valence-corrected chi connectivity index (χ2v) is 4.89. The highest BCUT2D eigenvalue weighted by Gasteiger charge is 2.19. The van der Waals surface area contributed by atoms with Gasteiger partial charge in [-0.05, 0) is 32.4 Å². The Morgan fingerprint density at radius 3 is 2.50 bits per heavy atom. The van der Waals surface area contributed by atoms with E-state index in [4.69, 9.17) is 11.6 Å². The predicted molar refractivity (Wildman–Crippen MR) is 79.7 cm³/mol. The van der Waals surface area contributed by atoms with E-state index >= 15 is 0 Å². The van der Waals surface area contributed by atoms with Crippen LogP contribution in [0.2, 0.25) is 5.02 Å². The molecule has 0 aromatic heterocycles. The molecule has 0 aliphatic heterocycles. The molecule has 1 aromatic carbocycles. The van der Waals surface area contributed by atoms with Gasteiger partial charge in [0.2, 0.25) is 5.91 Å². The minimum Gasteiger partial charge on any atom is -0.338 e. The van der Waals surface area contributed by atoms with Gasteiger partial charge in [-0.1, -0.05) is 29.8 Å². The zero-order valence-corrected chi connectivity index (χ0v) is 12.6. The number of urea groups is 1. The number of carbonyl (C=O) groups excluding carboxylic acids is 2.